The van der Waals surface area contributed by atoms with Crippen molar-refractivity contribution in [3.63, 3.8) is 0 Å². The highest BCUT2D eigenvalue weighted by Crippen LogP contribution is 2.50. The van der Waals surface area contributed by atoms with Crippen molar-refractivity contribution in [3.8, 4) is 11.4 Å². The van der Waals surface area contributed by atoms with E-state index in [0.29, 0.717) is 29.9 Å². The van der Waals surface area contributed by atoms with Crippen molar-refractivity contribution < 1.29 is 27.1 Å². The second-order valence-corrected chi connectivity index (χ2v) is 12.1. The van der Waals surface area contributed by atoms with Crippen molar-refractivity contribution in [2.24, 2.45) is 5.16 Å². The molecule has 0 radical (unpaired) electrons. The standard InChI is InChI=1S/C27H27FN4O5S/c1-18-15-31(17-29-18)23-9-4-19(13-24(23)35-3)12-20-14-27(10-11-36-16-27)38(33,34)32-25(20)30-37-26(32,2)21-5-7-22(28)8-6-21/h4-9,12-13,15,17H,10-11,14,16H2,1-3H3. The summed E-state index contributed by atoms with van der Waals surface area (Å²) in [6.45, 7) is 3.95. The first-order chi connectivity index (χ1) is 18.2. The van der Waals surface area contributed by atoms with Gasteiger partial charge < -0.3 is 18.9 Å². The van der Waals surface area contributed by atoms with Crippen LogP contribution in [-0.4, -0.2) is 53.2 Å². The first-order valence-corrected chi connectivity index (χ1v) is 13.7. The molecular formula is C27H27FN4O5S. The zero-order chi connectivity index (χ0) is 26.7. The number of aromatic nitrogens is 2. The van der Waals surface area contributed by atoms with Gasteiger partial charge in [-0.05, 0) is 55.7 Å². The summed E-state index contributed by atoms with van der Waals surface area (Å²) < 4.78 is 55.2. The molecule has 2 fully saturated rings. The van der Waals surface area contributed by atoms with Crippen LogP contribution in [0.15, 0.2) is 65.7 Å². The van der Waals surface area contributed by atoms with Gasteiger partial charge in [-0.1, -0.05) is 23.4 Å². The predicted molar refractivity (Wildman–Crippen MR) is 139 cm³/mol. The molecule has 3 aliphatic heterocycles. The molecule has 4 heterocycles. The molecule has 1 aromatic heterocycles. The highest BCUT2D eigenvalue weighted by molar-refractivity contribution is 7.91. The minimum Gasteiger partial charge on any atom is -0.495 e. The Bertz CT molecular complexity index is 1570. The number of nitrogens with zero attached hydrogens (tertiary/aromatic N) is 4. The van der Waals surface area contributed by atoms with E-state index in [0.717, 1.165) is 16.9 Å². The average molecular weight is 539 g/mol. The molecule has 2 saturated heterocycles. The van der Waals surface area contributed by atoms with E-state index in [9.17, 15) is 12.8 Å². The van der Waals surface area contributed by atoms with Crippen LogP contribution in [0.3, 0.4) is 0 Å². The van der Waals surface area contributed by atoms with Crippen LogP contribution >= 0.6 is 0 Å². The number of rotatable bonds is 4. The van der Waals surface area contributed by atoms with Crippen LogP contribution in [0.1, 0.15) is 36.6 Å². The summed E-state index contributed by atoms with van der Waals surface area (Å²) in [5.41, 5.74) is 2.22. The molecule has 0 bridgehead atoms. The Morgan fingerprint density at radius 1 is 1.18 bits per heavy atom. The summed E-state index contributed by atoms with van der Waals surface area (Å²) in [6.07, 6.45) is 6.10. The predicted octanol–water partition coefficient (Wildman–Crippen LogP) is 4.12. The molecule has 38 heavy (non-hydrogen) atoms. The first kappa shape index (κ1) is 24.6. The quantitative estimate of drug-likeness (QED) is 0.496. The van der Waals surface area contributed by atoms with Crippen molar-refractivity contribution in [1.29, 1.82) is 0 Å². The maximum Gasteiger partial charge on any atom is 0.248 e. The molecule has 3 aliphatic rings. The van der Waals surface area contributed by atoms with Gasteiger partial charge in [0.1, 0.15) is 16.3 Å². The molecule has 0 N–H and O–H groups in total. The van der Waals surface area contributed by atoms with Crippen LogP contribution in [0.2, 0.25) is 0 Å². The highest BCUT2D eigenvalue weighted by Gasteiger charge is 2.63. The second kappa shape index (κ2) is 8.67. The van der Waals surface area contributed by atoms with Crippen LogP contribution in [-0.2, 0) is 25.3 Å². The Morgan fingerprint density at radius 2 is 1.97 bits per heavy atom. The Hall–Kier alpha value is -3.70. The summed E-state index contributed by atoms with van der Waals surface area (Å²) in [4.78, 5) is 10.1. The van der Waals surface area contributed by atoms with Gasteiger partial charge in [0, 0.05) is 30.9 Å². The largest absolute Gasteiger partial charge is 0.495 e. The molecule has 0 amide bonds. The molecule has 2 unspecified atom stereocenters. The lowest BCUT2D eigenvalue weighted by Crippen LogP contribution is -2.60. The molecule has 6 rings (SSSR count). The number of halogens is 1. The van der Waals surface area contributed by atoms with Gasteiger partial charge in [0.25, 0.3) is 0 Å². The van der Waals surface area contributed by atoms with Crippen LogP contribution < -0.4 is 4.74 Å². The molecule has 2 atom stereocenters. The fourth-order valence-electron chi connectivity index (χ4n) is 5.38. The van der Waals surface area contributed by atoms with Crippen LogP contribution in [0.25, 0.3) is 11.8 Å². The minimum atomic E-state index is -3.96. The summed E-state index contributed by atoms with van der Waals surface area (Å²) in [5.74, 6) is 0.418. The summed E-state index contributed by atoms with van der Waals surface area (Å²) in [6, 6.07) is 11.3. The van der Waals surface area contributed by atoms with Gasteiger partial charge in [0.15, 0.2) is 5.84 Å². The fourth-order valence-corrected chi connectivity index (χ4v) is 7.65. The lowest BCUT2D eigenvalue weighted by molar-refractivity contribution is -0.0617. The lowest BCUT2D eigenvalue weighted by Gasteiger charge is -2.43. The van der Waals surface area contributed by atoms with Gasteiger partial charge in [0.05, 0.1) is 31.4 Å². The molecule has 3 aromatic rings. The number of oxime groups is 1. The van der Waals surface area contributed by atoms with Gasteiger partial charge in [-0.3, -0.25) is 0 Å². The number of sulfonamides is 1. The van der Waals surface area contributed by atoms with Gasteiger partial charge in [-0.2, -0.15) is 0 Å². The third-order valence-electron chi connectivity index (χ3n) is 7.46. The van der Waals surface area contributed by atoms with E-state index in [-0.39, 0.29) is 18.9 Å². The summed E-state index contributed by atoms with van der Waals surface area (Å²) >= 11 is 0. The number of fused-ring (bicyclic) bond motifs is 1. The topological polar surface area (TPSA) is 95.3 Å². The van der Waals surface area contributed by atoms with E-state index in [1.165, 1.54) is 28.6 Å². The number of benzene rings is 2. The highest BCUT2D eigenvalue weighted by atomic mass is 32.2. The maximum absolute atomic E-state index is 14.1. The number of ether oxygens (including phenoxy) is 2. The number of hydrogen-bond donors (Lipinski definition) is 0. The third kappa shape index (κ3) is 3.64. The SMILES string of the molecule is COc1cc(C=C2CC3(CCOC3)S(=O)(=O)N3C2=NOC3(C)c2ccc(F)cc2)ccc1-n1cnc(C)c1. The monoisotopic (exact) mass is 538 g/mol. The molecule has 11 heteroatoms. The Labute approximate surface area is 220 Å². The van der Waals surface area contributed by atoms with Crippen LogP contribution in [0.4, 0.5) is 4.39 Å². The smallest absolute Gasteiger partial charge is 0.248 e. The molecule has 9 nitrogen and oxygen atoms in total. The summed E-state index contributed by atoms with van der Waals surface area (Å²) in [7, 11) is -2.36. The van der Waals surface area contributed by atoms with E-state index in [1.54, 1.807) is 20.4 Å². The normalized spacial score (nSPS) is 26.9. The number of methoxy groups -OCH3 is 1. The maximum atomic E-state index is 14.1. The molecular weight excluding hydrogens is 511 g/mol. The second-order valence-electron chi connectivity index (χ2n) is 9.95. The van der Waals surface area contributed by atoms with Crippen LogP contribution in [0.5, 0.6) is 5.75 Å². The Balaban J connectivity index is 1.46. The zero-order valence-corrected chi connectivity index (χ0v) is 22.0. The third-order valence-corrected chi connectivity index (χ3v) is 10.0. The number of amidine groups is 1. The Morgan fingerprint density at radius 3 is 2.63 bits per heavy atom. The van der Waals surface area contributed by atoms with Crippen molar-refractivity contribution in [2.75, 3.05) is 20.3 Å². The first-order valence-electron chi connectivity index (χ1n) is 12.2. The number of hydrogen-bond acceptors (Lipinski definition) is 7. The van der Waals surface area contributed by atoms with Gasteiger partial charge in [-0.15, -0.1) is 0 Å². The number of imidazole rings is 1. The van der Waals surface area contributed by atoms with Crippen molar-refractivity contribution in [2.45, 2.75) is 37.2 Å². The van der Waals surface area contributed by atoms with E-state index in [4.69, 9.17) is 14.3 Å². The summed E-state index contributed by atoms with van der Waals surface area (Å²) in [5, 5.41) is 4.26. The zero-order valence-electron chi connectivity index (χ0n) is 21.2. The van der Waals surface area contributed by atoms with Crippen molar-refractivity contribution in [3.05, 3.63) is 83.2 Å². The molecule has 0 saturated carbocycles. The van der Waals surface area contributed by atoms with Gasteiger partial charge in [0.2, 0.25) is 15.7 Å². The molecule has 1 spiro atoms. The van der Waals surface area contributed by atoms with E-state index < -0.39 is 26.3 Å². The van der Waals surface area contributed by atoms with Crippen molar-refractivity contribution in [1.82, 2.24) is 13.9 Å². The average Bonchev–Trinajstić information content (AvgIpc) is 3.63. The van der Waals surface area contributed by atoms with Crippen molar-refractivity contribution >= 4 is 21.9 Å². The van der Waals surface area contributed by atoms with Crippen LogP contribution in [0, 0.1) is 12.7 Å². The molecule has 2 aromatic carbocycles. The fraction of sp³-hybridized carbons (Fsp3) is 0.333. The molecule has 198 valence electrons. The van der Waals surface area contributed by atoms with Gasteiger partial charge in [-0.25, -0.2) is 22.1 Å². The van der Waals surface area contributed by atoms with E-state index in [2.05, 4.69) is 10.1 Å². The Kier molecular flexibility index (Phi) is 5.62. The number of aryl methyl sites for hydroxylation is 1. The van der Waals surface area contributed by atoms with E-state index >= 15 is 0 Å². The van der Waals surface area contributed by atoms with Gasteiger partial charge >= 0.3 is 0 Å². The van der Waals surface area contributed by atoms with E-state index in [1.807, 2.05) is 42.0 Å². The minimum absolute atomic E-state index is 0.0676. The molecule has 0 aliphatic carbocycles. The lowest BCUT2D eigenvalue weighted by atomic mass is 9.94.